The standard InChI is InChI=1S/C13H15N3O2S/c1-9(2)18-11-6-4-3-5-10(11)15-12(17)16-13-14-7-8-19-13/h3-9H,1-2H3,(H2,14,15,16,17). The molecule has 0 unspecified atom stereocenters. The second-order valence-corrected chi connectivity index (χ2v) is 4.97. The van der Waals surface area contributed by atoms with Crippen LogP contribution in [0.25, 0.3) is 0 Å². The summed E-state index contributed by atoms with van der Waals surface area (Å²) in [6.45, 7) is 3.87. The van der Waals surface area contributed by atoms with Crippen LogP contribution < -0.4 is 15.4 Å². The summed E-state index contributed by atoms with van der Waals surface area (Å²) in [5, 5.41) is 7.75. The predicted molar refractivity (Wildman–Crippen MR) is 77.0 cm³/mol. The van der Waals surface area contributed by atoms with Crippen molar-refractivity contribution < 1.29 is 9.53 Å². The van der Waals surface area contributed by atoms with E-state index in [1.807, 2.05) is 32.0 Å². The summed E-state index contributed by atoms with van der Waals surface area (Å²) in [5.41, 5.74) is 0.630. The van der Waals surface area contributed by atoms with Crippen LogP contribution in [0.15, 0.2) is 35.8 Å². The Balaban J connectivity index is 2.04. The molecule has 0 radical (unpaired) electrons. The number of benzene rings is 1. The van der Waals surface area contributed by atoms with E-state index < -0.39 is 0 Å². The average molecular weight is 277 g/mol. The maximum atomic E-state index is 11.8. The quantitative estimate of drug-likeness (QED) is 0.898. The average Bonchev–Trinajstić information content (AvgIpc) is 2.83. The second-order valence-electron chi connectivity index (χ2n) is 4.08. The van der Waals surface area contributed by atoms with Gasteiger partial charge in [-0.2, -0.15) is 0 Å². The summed E-state index contributed by atoms with van der Waals surface area (Å²) in [5.74, 6) is 0.645. The first kappa shape index (κ1) is 13.4. The maximum Gasteiger partial charge on any atom is 0.325 e. The number of thiazole rings is 1. The summed E-state index contributed by atoms with van der Waals surface area (Å²) in [6.07, 6.45) is 1.68. The molecule has 0 aliphatic rings. The number of para-hydroxylation sites is 2. The first-order valence-electron chi connectivity index (χ1n) is 5.88. The van der Waals surface area contributed by atoms with E-state index >= 15 is 0 Å². The van der Waals surface area contributed by atoms with E-state index in [0.29, 0.717) is 16.6 Å². The summed E-state index contributed by atoms with van der Waals surface area (Å²) in [7, 11) is 0. The molecule has 2 N–H and O–H groups in total. The molecule has 0 fully saturated rings. The van der Waals surface area contributed by atoms with Crippen LogP contribution in [0.2, 0.25) is 0 Å². The molecule has 5 nitrogen and oxygen atoms in total. The predicted octanol–water partition coefficient (Wildman–Crippen LogP) is 3.57. The lowest BCUT2D eigenvalue weighted by molar-refractivity contribution is 0.243. The SMILES string of the molecule is CC(C)Oc1ccccc1NC(=O)Nc1nccs1. The molecular weight excluding hydrogens is 262 g/mol. The molecule has 0 spiro atoms. The molecule has 1 aromatic carbocycles. The highest BCUT2D eigenvalue weighted by Gasteiger charge is 2.09. The third kappa shape index (κ3) is 3.96. The Kier molecular flexibility index (Phi) is 4.35. The number of nitrogens with zero attached hydrogens (tertiary/aromatic N) is 1. The molecule has 2 aromatic rings. The molecule has 2 amide bonds. The van der Waals surface area contributed by atoms with Gasteiger partial charge in [0.2, 0.25) is 0 Å². The molecule has 0 saturated heterocycles. The highest BCUT2D eigenvalue weighted by atomic mass is 32.1. The lowest BCUT2D eigenvalue weighted by atomic mass is 10.3. The molecule has 0 saturated carbocycles. The number of carbonyl (C=O) groups is 1. The zero-order chi connectivity index (χ0) is 13.7. The number of hydrogen-bond acceptors (Lipinski definition) is 4. The molecule has 100 valence electrons. The third-order valence-electron chi connectivity index (χ3n) is 2.15. The monoisotopic (exact) mass is 277 g/mol. The van der Waals surface area contributed by atoms with Crippen molar-refractivity contribution in [3.63, 3.8) is 0 Å². The maximum absolute atomic E-state index is 11.8. The fraction of sp³-hybridized carbons (Fsp3) is 0.231. The van der Waals surface area contributed by atoms with Crippen molar-refractivity contribution in [3.8, 4) is 5.75 Å². The minimum atomic E-state index is -0.338. The normalized spacial score (nSPS) is 10.3. The second kappa shape index (κ2) is 6.19. The molecule has 19 heavy (non-hydrogen) atoms. The van der Waals surface area contributed by atoms with Crippen LogP contribution in [-0.4, -0.2) is 17.1 Å². The van der Waals surface area contributed by atoms with Gasteiger partial charge in [0, 0.05) is 11.6 Å². The van der Waals surface area contributed by atoms with E-state index in [2.05, 4.69) is 15.6 Å². The van der Waals surface area contributed by atoms with E-state index in [9.17, 15) is 4.79 Å². The Bertz CT molecular complexity index is 541. The van der Waals surface area contributed by atoms with Crippen molar-refractivity contribution in [1.82, 2.24) is 4.98 Å². The molecule has 1 aromatic heterocycles. The molecule has 2 rings (SSSR count). The Morgan fingerprint density at radius 2 is 2.11 bits per heavy atom. The molecule has 0 atom stereocenters. The zero-order valence-corrected chi connectivity index (χ0v) is 11.5. The van der Waals surface area contributed by atoms with Gasteiger partial charge in [-0.05, 0) is 26.0 Å². The number of hydrogen-bond donors (Lipinski definition) is 2. The van der Waals surface area contributed by atoms with Gasteiger partial charge in [0.1, 0.15) is 5.75 Å². The number of anilines is 2. The van der Waals surface area contributed by atoms with E-state index in [4.69, 9.17) is 4.74 Å². The minimum absolute atomic E-state index is 0.0463. The van der Waals surface area contributed by atoms with Crippen LogP contribution in [0.3, 0.4) is 0 Å². The summed E-state index contributed by atoms with van der Waals surface area (Å²) in [6, 6.07) is 6.97. The first-order valence-corrected chi connectivity index (χ1v) is 6.76. The van der Waals surface area contributed by atoms with Crippen LogP contribution in [0.4, 0.5) is 15.6 Å². The van der Waals surface area contributed by atoms with E-state index in [-0.39, 0.29) is 12.1 Å². The molecule has 0 aliphatic carbocycles. The third-order valence-corrected chi connectivity index (χ3v) is 2.84. The van der Waals surface area contributed by atoms with Gasteiger partial charge in [0.15, 0.2) is 5.13 Å². The minimum Gasteiger partial charge on any atom is -0.489 e. The molecular formula is C13H15N3O2S. The van der Waals surface area contributed by atoms with Gasteiger partial charge in [-0.3, -0.25) is 5.32 Å². The van der Waals surface area contributed by atoms with Gasteiger partial charge in [0.25, 0.3) is 0 Å². The van der Waals surface area contributed by atoms with Crippen LogP contribution in [0.5, 0.6) is 5.75 Å². The van der Waals surface area contributed by atoms with Crippen molar-refractivity contribution in [1.29, 1.82) is 0 Å². The number of ether oxygens (including phenoxy) is 1. The highest BCUT2D eigenvalue weighted by molar-refractivity contribution is 7.13. The molecule has 0 aliphatic heterocycles. The Morgan fingerprint density at radius 3 is 2.79 bits per heavy atom. The van der Waals surface area contributed by atoms with Gasteiger partial charge < -0.3 is 10.1 Å². The summed E-state index contributed by atoms with van der Waals surface area (Å²) in [4.78, 5) is 15.8. The van der Waals surface area contributed by atoms with Crippen LogP contribution in [-0.2, 0) is 0 Å². The number of urea groups is 1. The van der Waals surface area contributed by atoms with Crippen molar-refractivity contribution in [3.05, 3.63) is 35.8 Å². The van der Waals surface area contributed by atoms with Crippen molar-refractivity contribution in [2.45, 2.75) is 20.0 Å². The van der Waals surface area contributed by atoms with E-state index in [0.717, 1.165) is 0 Å². The number of aromatic nitrogens is 1. The Morgan fingerprint density at radius 1 is 1.32 bits per heavy atom. The number of carbonyl (C=O) groups excluding carboxylic acids is 1. The number of rotatable bonds is 4. The smallest absolute Gasteiger partial charge is 0.325 e. The van der Waals surface area contributed by atoms with Gasteiger partial charge in [-0.15, -0.1) is 11.3 Å². The van der Waals surface area contributed by atoms with Crippen LogP contribution >= 0.6 is 11.3 Å². The molecule has 1 heterocycles. The lowest BCUT2D eigenvalue weighted by Crippen LogP contribution is -2.20. The van der Waals surface area contributed by atoms with Gasteiger partial charge >= 0.3 is 6.03 Å². The number of nitrogens with one attached hydrogen (secondary N) is 2. The zero-order valence-electron chi connectivity index (χ0n) is 10.7. The summed E-state index contributed by atoms with van der Waals surface area (Å²) < 4.78 is 5.63. The number of amides is 2. The Labute approximate surface area is 115 Å². The molecule has 6 heteroatoms. The van der Waals surface area contributed by atoms with Crippen LogP contribution in [0, 0.1) is 0 Å². The first-order chi connectivity index (χ1) is 9.15. The fourth-order valence-corrected chi connectivity index (χ4v) is 1.99. The van der Waals surface area contributed by atoms with Crippen LogP contribution in [0.1, 0.15) is 13.8 Å². The van der Waals surface area contributed by atoms with E-state index in [1.165, 1.54) is 11.3 Å². The van der Waals surface area contributed by atoms with E-state index in [1.54, 1.807) is 17.6 Å². The van der Waals surface area contributed by atoms with Gasteiger partial charge in [-0.25, -0.2) is 9.78 Å². The highest BCUT2D eigenvalue weighted by Crippen LogP contribution is 2.25. The lowest BCUT2D eigenvalue weighted by Gasteiger charge is -2.14. The fourth-order valence-electron chi connectivity index (χ4n) is 1.46. The topological polar surface area (TPSA) is 63.2 Å². The van der Waals surface area contributed by atoms with Crippen molar-refractivity contribution >= 4 is 28.2 Å². The molecule has 0 bridgehead atoms. The van der Waals surface area contributed by atoms with Crippen molar-refractivity contribution in [2.24, 2.45) is 0 Å². The van der Waals surface area contributed by atoms with Crippen molar-refractivity contribution in [2.75, 3.05) is 10.6 Å². The largest absolute Gasteiger partial charge is 0.489 e. The summed E-state index contributed by atoms with van der Waals surface area (Å²) >= 11 is 1.36. The van der Waals surface area contributed by atoms with Gasteiger partial charge in [0.05, 0.1) is 11.8 Å². The van der Waals surface area contributed by atoms with Gasteiger partial charge in [-0.1, -0.05) is 12.1 Å². The Hall–Kier alpha value is -2.08.